The zero-order valence-electron chi connectivity index (χ0n) is 10.1. The van der Waals surface area contributed by atoms with E-state index < -0.39 is 8.80 Å². The molecule has 0 bridgehead atoms. The third-order valence-corrected chi connectivity index (χ3v) is 5.20. The quantitative estimate of drug-likeness (QED) is 0.491. The molecule has 0 saturated heterocycles. The molecule has 0 atom stereocenters. The summed E-state index contributed by atoms with van der Waals surface area (Å²) in [6.45, 7) is 7.87. The monoisotopic (exact) mass is 255 g/mol. The van der Waals surface area contributed by atoms with Gasteiger partial charge in [-0.15, -0.1) is 0 Å². The lowest BCUT2D eigenvalue weighted by Gasteiger charge is -2.28. The van der Waals surface area contributed by atoms with E-state index >= 15 is 0 Å². The third-order valence-electron chi connectivity index (χ3n) is 1.73. The second kappa shape index (κ2) is 10.9. The van der Waals surface area contributed by atoms with Gasteiger partial charge in [0.05, 0.1) is 0 Å². The van der Waals surface area contributed by atoms with Crippen molar-refractivity contribution >= 4 is 21.4 Å². The van der Waals surface area contributed by atoms with E-state index in [1.54, 1.807) is 0 Å². The maximum Gasteiger partial charge on any atom is 0.500 e. The van der Waals surface area contributed by atoms with E-state index in [0.29, 0.717) is 19.8 Å². The van der Waals surface area contributed by atoms with E-state index in [4.69, 9.17) is 13.3 Å². The van der Waals surface area contributed by atoms with Crippen LogP contribution in [-0.4, -0.2) is 34.4 Å². The van der Waals surface area contributed by atoms with Gasteiger partial charge in [-0.05, 0) is 32.9 Å². The van der Waals surface area contributed by atoms with Gasteiger partial charge in [-0.25, -0.2) is 0 Å². The van der Waals surface area contributed by atoms with Gasteiger partial charge in [0.2, 0.25) is 0 Å². The average molecular weight is 255 g/mol. The highest BCUT2D eigenvalue weighted by Gasteiger charge is 2.39. The minimum Gasteiger partial charge on any atom is -0.374 e. The topological polar surface area (TPSA) is 62.7 Å². The molecule has 94 valence electrons. The van der Waals surface area contributed by atoms with Crippen molar-refractivity contribution < 1.29 is 13.3 Å². The molecule has 0 aliphatic heterocycles. The Hall–Kier alpha value is 0.407. The number of hydrogen-bond donors (Lipinski definition) is 2. The van der Waals surface area contributed by atoms with Crippen molar-refractivity contribution in [3.8, 4) is 0 Å². The first-order chi connectivity index (χ1) is 6.74. The van der Waals surface area contributed by atoms with Crippen molar-refractivity contribution in [1.29, 1.82) is 0 Å². The Morgan fingerprint density at radius 1 is 0.933 bits per heavy atom. The van der Waals surface area contributed by atoms with Crippen molar-refractivity contribution in [3.05, 3.63) is 0 Å². The van der Waals surface area contributed by atoms with Crippen LogP contribution in [0.1, 0.15) is 27.2 Å². The molecule has 0 fully saturated rings. The second-order valence-electron chi connectivity index (χ2n) is 2.81. The van der Waals surface area contributed by atoms with Gasteiger partial charge in [-0.3, -0.25) is 0 Å². The highest BCUT2D eigenvalue weighted by molar-refractivity contribution is 7.80. The first kappa shape index (κ1) is 17.8. The second-order valence-corrected chi connectivity index (χ2v) is 5.99. The van der Waals surface area contributed by atoms with E-state index in [1.165, 1.54) is 0 Å². The van der Waals surface area contributed by atoms with E-state index in [9.17, 15) is 0 Å². The van der Waals surface area contributed by atoms with Gasteiger partial charge in [0.25, 0.3) is 0 Å². The fraction of sp³-hybridized carbons (Fsp3) is 1.00. The van der Waals surface area contributed by atoms with Gasteiger partial charge in [0.15, 0.2) is 0 Å². The number of hydrogen-bond acceptors (Lipinski definition) is 5. The molecule has 0 saturated carbocycles. The SMILES string of the molecule is CCO[Si](CCCS)(OCC)OCC.N. The summed E-state index contributed by atoms with van der Waals surface area (Å²) in [5.41, 5.74) is 0. The Bertz CT molecular complexity index is 124. The maximum absolute atomic E-state index is 5.67. The molecule has 0 spiro atoms. The molecule has 4 nitrogen and oxygen atoms in total. The van der Waals surface area contributed by atoms with Crippen LogP contribution in [0.4, 0.5) is 0 Å². The zero-order chi connectivity index (χ0) is 10.9. The van der Waals surface area contributed by atoms with Crippen LogP contribution < -0.4 is 6.15 Å². The number of thiol groups is 1. The summed E-state index contributed by atoms with van der Waals surface area (Å²) in [7, 11) is -2.37. The molecule has 0 unspecified atom stereocenters. The van der Waals surface area contributed by atoms with Crippen LogP contribution in [0.3, 0.4) is 0 Å². The summed E-state index contributed by atoms with van der Waals surface area (Å²) in [5, 5.41) is 0. The fourth-order valence-electron chi connectivity index (χ4n) is 1.30. The van der Waals surface area contributed by atoms with E-state index in [2.05, 4.69) is 12.6 Å². The molecule has 0 aliphatic carbocycles. The van der Waals surface area contributed by atoms with Gasteiger partial charge in [-0.1, -0.05) is 0 Å². The smallest absolute Gasteiger partial charge is 0.374 e. The molecule has 0 aromatic heterocycles. The minimum atomic E-state index is -2.37. The van der Waals surface area contributed by atoms with Gasteiger partial charge in [0, 0.05) is 25.9 Å². The predicted molar refractivity (Wildman–Crippen MR) is 68.9 cm³/mol. The van der Waals surface area contributed by atoms with Crippen LogP contribution in [0.15, 0.2) is 0 Å². The Kier molecular flexibility index (Phi) is 12.9. The van der Waals surface area contributed by atoms with Crippen molar-refractivity contribution in [1.82, 2.24) is 6.15 Å². The largest absolute Gasteiger partial charge is 0.500 e. The first-order valence-corrected chi connectivity index (χ1v) is 7.83. The van der Waals surface area contributed by atoms with Crippen LogP contribution in [0.5, 0.6) is 0 Å². The van der Waals surface area contributed by atoms with Gasteiger partial charge in [-0.2, -0.15) is 12.6 Å². The fourth-order valence-corrected chi connectivity index (χ4v) is 4.36. The van der Waals surface area contributed by atoms with Crippen molar-refractivity contribution in [2.75, 3.05) is 25.6 Å². The number of rotatable bonds is 9. The van der Waals surface area contributed by atoms with Crippen LogP contribution in [0, 0.1) is 0 Å². The lowest BCUT2D eigenvalue weighted by Crippen LogP contribution is -2.46. The lowest BCUT2D eigenvalue weighted by molar-refractivity contribution is 0.0712. The average Bonchev–Trinajstić information content (AvgIpc) is 2.16. The Morgan fingerprint density at radius 3 is 1.60 bits per heavy atom. The maximum atomic E-state index is 5.67. The summed E-state index contributed by atoms with van der Waals surface area (Å²) in [4.78, 5) is 0. The molecule has 0 heterocycles. The molecule has 0 amide bonds. The van der Waals surface area contributed by atoms with Crippen LogP contribution in [0.2, 0.25) is 6.04 Å². The van der Waals surface area contributed by atoms with Crippen LogP contribution in [-0.2, 0) is 13.3 Å². The lowest BCUT2D eigenvalue weighted by atomic mass is 10.6. The predicted octanol–water partition coefficient (Wildman–Crippen LogP) is 2.52. The Balaban J connectivity index is 0. The molecule has 0 aromatic carbocycles. The summed E-state index contributed by atoms with van der Waals surface area (Å²) in [6.07, 6.45) is 0.981. The molecule has 6 heteroatoms. The summed E-state index contributed by atoms with van der Waals surface area (Å²) >= 11 is 4.19. The van der Waals surface area contributed by atoms with Gasteiger partial charge < -0.3 is 19.4 Å². The normalized spacial score (nSPS) is 11.2. The molecule has 0 aliphatic rings. The standard InChI is InChI=1S/C9H22O3SSi.H3N/c1-4-10-14(11-5-2,12-6-3)9-7-8-13;/h13H,4-9H2,1-3H3;1H3. The van der Waals surface area contributed by atoms with Gasteiger partial charge in [0.1, 0.15) is 0 Å². The molecule has 3 N–H and O–H groups in total. The zero-order valence-corrected chi connectivity index (χ0v) is 12.0. The van der Waals surface area contributed by atoms with E-state index in [-0.39, 0.29) is 6.15 Å². The molecule has 0 rings (SSSR count). The summed E-state index contributed by atoms with van der Waals surface area (Å²) in [5.74, 6) is 0.849. The van der Waals surface area contributed by atoms with E-state index in [0.717, 1.165) is 18.2 Å². The Morgan fingerprint density at radius 2 is 1.33 bits per heavy atom. The molecule has 15 heavy (non-hydrogen) atoms. The highest BCUT2D eigenvalue weighted by Crippen LogP contribution is 2.18. The van der Waals surface area contributed by atoms with Crippen molar-refractivity contribution in [2.24, 2.45) is 0 Å². The molecular weight excluding hydrogens is 230 g/mol. The molecule has 0 aromatic rings. The van der Waals surface area contributed by atoms with E-state index in [1.807, 2.05) is 20.8 Å². The molecular formula is C9H25NO3SSi. The van der Waals surface area contributed by atoms with Crippen molar-refractivity contribution in [2.45, 2.75) is 33.2 Å². The third kappa shape index (κ3) is 7.32. The summed E-state index contributed by atoms with van der Waals surface area (Å²) in [6, 6.07) is 0.867. The van der Waals surface area contributed by atoms with Crippen molar-refractivity contribution in [3.63, 3.8) is 0 Å². The van der Waals surface area contributed by atoms with Gasteiger partial charge >= 0.3 is 8.80 Å². The highest BCUT2D eigenvalue weighted by atomic mass is 32.1. The first-order valence-electron chi connectivity index (χ1n) is 5.27. The van der Waals surface area contributed by atoms with Crippen LogP contribution >= 0.6 is 12.6 Å². The Labute approximate surface area is 100 Å². The minimum absolute atomic E-state index is 0. The van der Waals surface area contributed by atoms with Crippen LogP contribution in [0.25, 0.3) is 0 Å². The molecule has 0 radical (unpaired) electrons. The summed E-state index contributed by atoms with van der Waals surface area (Å²) < 4.78 is 17.0.